The molecule has 0 bridgehead atoms. The van der Waals surface area contributed by atoms with Crippen LogP contribution in [0.5, 0.6) is 17.2 Å². The summed E-state index contributed by atoms with van der Waals surface area (Å²) < 4.78 is 11.4. The number of fused-ring (bicyclic) bond motifs is 1. The number of nitrogens with one attached hydrogen (secondary N) is 3. The van der Waals surface area contributed by atoms with Crippen molar-refractivity contribution in [3.8, 4) is 17.2 Å². The van der Waals surface area contributed by atoms with E-state index in [1.807, 2.05) is 48.5 Å². The second-order valence-electron chi connectivity index (χ2n) is 13.5. The summed E-state index contributed by atoms with van der Waals surface area (Å²) in [6, 6.07) is 25.7. The first kappa shape index (κ1) is 40.5. The predicted molar refractivity (Wildman–Crippen MR) is 214 cm³/mol. The lowest BCUT2D eigenvalue weighted by molar-refractivity contribution is -0.137. The largest absolute Gasteiger partial charge is 0.508 e. The number of ether oxygens (including phenoxy) is 2. The van der Waals surface area contributed by atoms with Crippen molar-refractivity contribution in [2.24, 2.45) is 0 Å². The zero-order valence-electron chi connectivity index (χ0n) is 31.1. The summed E-state index contributed by atoms with van der Waals surface area (Å²) in [6.45, 7) is 0.843. The molecular weight excluding hydrogens is 752 g/mol. The Hall–Kier alpha value is -6.18. The number of carbonyl (C=O) groups excluding carboxylic acids is 5. The third-order valence-corrected chi connectivity index (χ3v) is 9.85. The Bertz CT molecular complexity index is 2140. The van der Waals surface area contributed by atoms with Crippen LogP contribution in [-0.2, 0) is 30.5 Å². The summed E-state index contributed by atoms with van der Waals surface area (Å²) in [5.74, 6) is -0.436. The van der Waals surface area contributed by atoms with Crippen LogP contribution in [0.4, 0.5) is 5.69 Å². The summed E-state index contributed by atoms with van der Waals surface area (Å²) in [6.07, 6.45) is 1.09. The Labute approximate surface area is 334 Å². The van der Waals surface area contributed by atoms with E-state index in [0.29, 0.717) is 34.9 Å². The van der Waals surface area contributed by atoms with Crippen molar-refractivity contribution < 1.29 is 43.7 Å². The third-order valence-electron chi connectivity index (χ3n) is 9.66. The number of hydrogen-bond acceptors (Lipinski definition) is 9. The summed E-state index contributed by atoms with van der Waals surface area (Å²) >= 11 is 6.24. The Morgan fingerprint density at radius 3 is 2.07 bits per heavy atom. The SMILES string of the molecule is O=C(CCOCCC(=O)Nc1cccc2c1CN(C1CCC(=O)NC1=O)C2=O)NCCOc1ccc(C(=C(CCCl)c2ccc(O)cc2)c2ccc(O)cc2)cc1. The molecule has 0 aromatic heterocycles. The zero-order valence-corrected chi connectivity index (χ0v) is 31.8. The maximum absolute atomic E-state index is 13.0. The fraction of sp³-hybridized carbons (Fsp3) is 0.279. The Balaban J connectivity index is 0.923. The molecule has 5 amide bonds. The predicted octanol–water partition coefficient (Wildman–Crippen LogP) is 5.38. The van der Waals surface area contributed by atoms with Crippen LogP contribution in [0.25, 0.3) is 11.1 Å². The molecule has 0 saturated carbocycles. The highest BCUT2D eigenvalue weighted by Crippen LogP contribution is 2.37. The smallest absolute Gasteiger partial charge is 0.255 e. The Morgan fingerprint density at radius 1 is 0.789 bits per heavy atom. The van der Waals surface area contributed by atoms with Crippen molar-refractivity contribution in [2.75, 3.05) is 37.6 Å². The fourth-order valence-electron chi connectivity index (χ4n) is 6.83. The van der Waals surface area contributed by atoms with Crippen LogP contribution in [0.2, 0.25) is 0 Å². The van der Waals surface area contributed by atoms with Gasteiger partial charge in [-0.3, -0.25) is 29.3 Å². The van der Waals surface area contributed by atoms with E-state index in [-0.39, 0.29) is 93.7 Å². The van der Waals surface area contributed by atoms with Gasteiger partial charge in [0.2, 0.25) is 23.6 Å². The molecule has 0 aliphatic carbocycles. The molecule has 57 heavy (non-hydrogen) atoms. The minimum atomic E-state index is -0.752. The maximum Gasteiger partial charge on any atom is 0.255 e. The van der Waals surface area contributed by atoms with Gasteiger partial charge in [0.25, 0.3) is 5.91 Å². The van der Waals surface area contributed by atoms with Gasteiger partial charge in [-0.1, -0.05) is 42.5 Å². The van der Waals surface area contributed by atoms with Crippen molar-refractivity contribution in [1.29, 1.82) is 0 Å². The van der Waals surface area contributed by atoms with Crippen molar-refractivity contribution in [2.45, 2.75) is 44.7 Å². The number of anilines is 1. The summed E-state index contributed by atoms with van der Waals surface area (Å²) in [5.41, 5.74) is 6.10. The van der Waals surface area contributed by atoms with E-state index < -0.39 is 11.9 Å². The van der Waals surface area contributed by atoms with Crippen LogP contribution in [0, 0.1) is 0 Å². The number of allylic oxidation sites excluding steroid dienone is 1. The molecule has 1 atom stereocenters. The minimum Gasteiger partial charge on any atom is -0.508 e. The molecule has 2 heterocycles. The minimum absolute atomic E-state index is 0.0276. The van der Waals surface area contributed by atoms with Crippen LogP contribution >= 0.6 is 11.6 Å². The van der Waals surface area contributed by atoms with Crippen molar-refractivity contribution in [3.05, 3.63) is 119 Å². The molecule has 5 N–H and O–H groups in total. The number of phenolic OH excluding ortho intramolecular Hbond substituents is 2. The maximum atomic E-state index is 13.0. The summed E-state index contributed by atoms with van der Waals surface area (Å²) in [7, 11) is 0. The molecule has 0 radical (unpaired) electrons. The molecule has 4 aromatic rings. The topological polar surface area (TPSA) is 184 Å². The molecule has 2 aliphatic heterocycles. The molecule has 1 saturated heterocycles. The lowest BCUT2D eigenvalue weighted by Gasteiger charge is -2.29. The van der Waals surface area contributed by atoms with E-state index >= 15 is 0 Å². The van der Waals surface area contributed by atoms with Gasteiger partial charge in [-0.25, -0.2) is 0 Å². The number of amides is 5. The highest BCUT2D eigenvalue weighted by molar-refractivity contribution is 6.18. The summed E-state index contributed by atoms with van der Waals surface area (Å²) in [4.78, 5) is 63.5. The molecule has 4 aromatic carbocycles. The van der Waals surface area contributed by atoms with Gasteiger partial charge in [0.15, 0.2) is 0 Å². The van der Waals surface area contributed by atoms with Crippen LogP contribution in [0.1, 0.15) is 64.7 Å². The number of benzene rings is 4. The molecule has 1 fully saturated rings. The monoisotopic (exact) mass is 794 g/mol. The highest BCUT2D eigenvalue weighted by atomic mass is 35.5. The fourth-order valence-corrected chi connectivity index (χ4v) is 7.02. The number of halogens is 1. The molecule has 14 heteroatoms. The lowest BCUT2D eigenvalue weighted by Crippen LogP contribution is -2.52. The van der Waals surface area contributed by atoms with Crippen molar-refractivity contribution >= 4 is 58.0 Å². The highest BCUT2D eigenvalue weighted by Gasteiger charge is 2.40. The Kier molecular flexibility index (Phi) is 13.6. The molecule has 2 aliphatic rings. The van der Waals surface area contributed by atoms with E-state index in [1.165, 1.54) is 4.90 Å². The van der Waals surface area contributed by atoms with Gasteiger partial charge in [0.1, 0.15) is 29.9 Å². The molecule has 296 valence electrons. The first-order chi connectivity index (χ1) is 27.6. The number of imide groups is 1. The van der Waals surface area contributed by atoms with Gasteiger partial charge < -0.3 is 35.2 Å². The van der Waals surface area contributed by atoms with Crippen LogP contribution < -0.4 is 20.7 Å². The first-order valence-corrected chi connectivity index (χ1v) is 19.2. The van der Waals surface area contributed by atoms with E-state index in [2.05, 4.69) is 16.0 Å². The van der Waals surface area contributed by atoms with Crippen LogP contribution in [0.3, 0.4) is 0 Å². The van der Waals surface area contributed by atoms with Gasteiger partial charge in [-0.2, -0.15) is 0 Å². The van der Waals surface area contributed by atoms with Crippen LogP contribution in [-0.4, -0.2) is 82.9 Å². The van der Waals surface area contributed by atoms with Gasteiger partial charge in [-0.15, -0.1) is 11.6 Å². The number of hydrogen-bond donors (Lipinski definition) is 5. The molecule has 1 unspecified atom stereocenters. The van der Waals surface area contributed by atoms with E-state index in [9.17, 15) is 34.2 Å². The molecular formula is C43H43ClN4O9. The van der Waals surface area contributed by atoms with Gasteiger partial charge >= 0.3 is 0 Å². The average molecular weight is 795 g/mol. The van der Waals surface area contributed by atoms with Gasteiger partial charge in [0.05, 0.1) is 26.2 Å². The quantitative estimate of drug-likeness (QED) is 0.0406. The third kappa shape index (κ3) is 10.4. The van der Waals surface area contributed by atoms with Gasteiger partial charge in [0, 0.05) is 42.1 Å². The normalized spacial score (nSPS) is 15.4. The standard InChI is InChI=1S/C43H43ClN4O9/c44-21-18-33(27-4-10-30(49)11-5-27)41(28-6-12-31(50)13-7-28)29-8-14-32(15-9-29)57-25-22-45-38(51)19-23-56-24-20-40(53)46-36-3-1-2-34-35(36)26-48(43(34)55)37-16-17-39(52)47-42(37)54/h1-15,37,49-50H,16-26H2,(H,45,51)(H,46,53)(H,47,52,54). The number of carbonyl (C=O) groups is 5. The first-order valence-electron chi connectivity index (χ1n) is 18.6. The molecule has 13 nitrogen and oxygen atoms in total. The van der Waals surface area contributed by atoms with Crippen molar-refractivity contribution in [3.63, 3.8) is 0 Å². The number of rotatable bonds is 17. The van der Waals surface area contributed by atoms with Crippen molar-refractivity contribution in [1.82, 2.24) is 15.5 Å². The van der Waals surface area contributed by atoms with Crippen LogP contribution in [0.15, 0.2) is 91.0 Å². The number of phenols is 2. The molecule has 0 spiro atoms. The number of aromatic hydroxyl groups is 2. The number of alkyl halides is 1. The lowest BCUT2D eigenvalue weighted by atomic mass is 9.88. The average Bonchev–Trinajstić information content (AvgIpc) is 3.54. The number of nitrogens with zero attached hydrogens (tertiary/aromatic N) is 1. The van der Waals surface area contributed by atoms with E-state index in [1.54, 1.807) is 42.5 Å². The summed E-state index contributed by atoms with van der Waals surface area (Å²) in [5, 5.41) is 27.7. The van der Waals surface area contributed by atoms with E-state index in [4.69, 9.17) is 21.1 Å². The van der Waals surface area contributed by atoms with E-state index in [0.717, 1.165) is 27.8 Å². The zero-order chi connectivity index (χ0) is 40.3. The second kappa shape index (κ2) is 19.1. The second-order valence-corrected chi connectivity index (χ2v) is 13.9. The van der Waals surface area contributed by atoms with Gasteiger partial charge in [-0.05, 0) is 89.2 Å². The molecule has 6 rings (SSSR count). The Morgan fingerprint density at radius 2 is 1.42 bits per heavy atom. The number of piperidine rings is 1.